The van der Waals surface area contributed by atoms with Crippen LogP contribution < -0.4 is 10.6 Å². The van der Waals surface area contributed by atoms with E-state index in [-0.39, 0.29) is 0 Å². The number of halogens is 1. The van der Waals surface area contributed by atoms with E-state index < -0.39 is 39.8 Å². The molecule has 0 aromatic heterocycles. The number of nitro groups is 1. The van der Waals surface area contributed by atoms with E-state index in [0.717, 1.165) is 18.2 Å². The summed E-state index contributed by atoms with van der Waals surface area (Å²) in [6.07, 6.45) is 0. The lowest BCUT2D eigenvalue weighted by Gasteiger charge is -2.19. The first-order chi connectivity index (χ1) is 14.0. The van der Waals surface area contributed by atoms with E-state index in [4.69, 9.17) is 0 Å². The molecule has 3 aromatic carbocycles. The molecule has 0 spiro atoms. The highest BCUT2D eigenvalue weighted by atomic mass is 19.1. The Kier molecular flexibility index (Phi) is 5.94. The predicted octanol–water partition coefficient (Wildman–Crippen LogP) is 3.84. The second kappa shape index (κ2) is 8.75. The molecular formula is C21H16FN3O4. The topological polar surface area (TPSA) is 101 Å². The molecule has 146 valence electrons. The number of nitrogens with zero attached hydrogens (tertiary/aromatic N) is 1. The van der Waals surface area contributed by atoms with Crippen LogP contribution in [0, 0.1) is 15.9 Å². The van der Waals surface area contributed by atoms with Crippen LogP contribution in [0.5, 0.6) is 0 Å². The summed E-state index contributed by atoms with van der Waals surface area (Å²) in [6, 6.07) is 18.5. The van der Waals surface area contributed by atoms with Crippen molar-refractivity contribution in [2.24, 2.45) is 0 Å². The molecule has 1 atom stereocenters. The summed E-state index contributed by atoms with van der Waals surface area (Å²) in [5.41, 5.74) is 0.0449. The second-order valence-electron chi connectivity index (χ2n) is 6.09. The molecule has 0 saturated carbocycles. The van der Waals surface area contributed by atoms with Crippen molar-refractivity contribution in [3.63, 3.8) is 0 Å². The van der Waals surface area contributed by atoms with E-state index in [1.54, 1.807) is 60.7 Å². The lowest BCUT2D eigenvalue weighted by molar-refractivity contribution is -0.384. The summed E-state index contributed by atoms with van der Waals surface area (Å²) in [7, 11) is 0. The van der Waals surface area contributed by atoms with Crippen LogP contribution in [-0.2, 0) is 4.79 Å². The zero-order valence-electron chi connectivity index (χ0n) is 15.0. The van der Waals surface area contributed by atoms with Crippen molar-refractivity contribution < 1.29 is 18.9 Å². The normalized spacial score (nSPS) is 11.3. The molecule has 0 fully saturated rings. The lowest BCUT2D eigenvalue weighted by Crippen LogP contribution is -2.37. The Bertz CT molecular complexity index is 1040. The zero-order chi connectivity index (χ0) is 20.8. The highest BCUT2D eigenvalue weighted by Gasteiger charge is 2.25. The van der Waals surface area contributed by atoms with Crippen molar-refractivity contribution in [2.75, 3.05) is 5.32 Å². The molecule has 7 nitrogen and oxygen atoms in total. The maximum atomic E-state index is 14.1. The van der Waals surface area contributed by atoms with Gasteiger partial charge in [-0.05, 0) is 23.8 Å². The number of anilines is 1. The largest absolute Gasteiger partial charge is 0.336 e. The van der Waals surface area contributed by atoms with E-state index in [2.05, 4.69) is 10.6 Å². The SMILES string of the molecule is O=C(NC(C(=O)Nc1ccccc1)c1ccccc1)c1cc([N+](=O)[O-])ccc1F. The van der Waals surface area contributed by atoms with Crippen molar-refractivity contribution in [3.05, 3.63) is 106 Å². The molecule has 2 amide bonds. The van der Waals surface area contributed by atoms with Gasteiger partial charge in [0.25, 0.3) is 17.5 Å². The van der Waals surface area contributed by atoms with E-state index in [0.29, 0.717) is 11.3 Å². The number of non-ortho nitro benzene ring substituents is 1. The Balaban J connectivity index is 1.89. The van der Waals surface area contributed by atoms with Crippen LogP contribution in [0.4, 0.5) is 15.8 Å². The van der Waals surface area contributed by atoms with Crippen molar-refractivity contribution in [2.45, 2.75) is 6.04 Å². The van der Waals surface area contributed by atoms with E-state index in [9.17, 15) is 24.1 Å². The van der Waals surface area contributed by atoms with Gasteiger partial charge in [0.05, 0.1) is 10.5 Å². The van der Waals surface area contributed by atoms with Gasteiger partial charge in [0.2, 0.25) is 0 Å². The summed E-state index contributed by atoms with van der Waals surface area (Å²) in [6.45, 7) is 0. The predicted molar refractivity (Wildman–Crippen MR) is 105 cm³/mol. The number of para-hydroxylation sites is 1. The van der Waals surface area contributed by atoms with Crippen molar-refractivity contribution in [3.8, 4) is 0 Å². The number of hydrogen-bond acceptors (Lipinski definition) is 4. The summed E-state index contributed by atoms with van der Waals surface area (Å²) in [4.78, 5) is 35.6. The molecule has 3 aromatic rings. The van der Waals surface area contributed by atoms with Gasteiger partial charge >= 0.3 is 0 Å². The van der Waals surface area contributed by atoms with E-state index >= 15 is 0 Å². The smallest absolute Gasteiger partial charge is 0.270 e. The average Bonchev–Trinajstić information content (AvgIpc) is 2.73. The van der Waals surface area contributed by atoms with Gasteiger partial charge in [-0.15, -0.1) is 0 Å². The van der Waals surface area contributed by atoms with Crippen LogP contribution in [-0.4, -0.2) is 16.7 Å². The van der Waals surface area contributed by atoms with Crippen LogP contribution in [0.1, 0.15) is 22.0 Å². The first kappa shape index (κ1) is 19.7. The third-order valence-corrected chi connectivity index (χ3v) is 4.12. The molecule has 8 heteroatoms. The first-order valence-corrected chi connectivity index (χ1v) is 8.61. The summed E-state index contributed by atoms with van der Waals surface area (Å²) >= 11 is 0. The highest BCUT2D eigenvalue weighted by Crippen LogP contribution is 2.20. The minimum Gasteiger partial charge on any atom is -0.336 e. The quantitative estimate of drug-likeness (QED) is 0.491. The molecule has 0 aliphatic heterocycles. The number of carbonyl (C=O) groups is 2. The molecule has 0 aliphatic rings. The monoisotopic (exact) mass is 393 g/mol. The molecule has 0 bridgehead atoms. The van der Waals surface area contributed by atoms with Crippen LogP contribution in [0.2, 0.25) is 0 Å². The second-order valence-corrected chi connectivity index (χ2v) is 6.09. The molecular weight excluding hydrogens is 377 g/mol. The number of amides is 2. The van der Waals surface area contributed by atoms with Crippen LogP contribution in [0.25, 0.3) is 0 Å². The van der Waals surface area contributed by atoms with Gasteiger partial charge in [-0.25, -0.2) is 4.39 Å². The standard InChI is InChI=1S/C21H16FN3O4/c22-18-12-11-16(25(28)29)13-17(18)20(26)24-19(14-7-3-1-4-8-14)21(27)23-15-9-5-2-6-10-15/h1-13,19H,(H,23,27)(H,24,26). The van der Waals surface area contributed by atoms with Crippen molar-refractivity contribution in [1.82, 2.24) is 5.32 Å². The summed E-state index contributed by atoms with van der Waals surface area (Å²) < 4.78 is 14.1. The maximum absolute atomic E-state index is 14.1. The van der Waals surface area contributed by atoms with E-state index in [1.807, 2.05) is 0 Å². The third kappa shape index (κ3) is 4.81. The number of benzene rings is 3. The molecule has 29 heavy (non-hydrogen) atoms. The van der Waals surface area contributed by atoms with Gasteiger partial charge in [0, 0.05) is 17.8 Å². The lowest BCUT2D eigenvalue weighted by atomic mass is 10.0. The fourth-order valence-electron chi connectivity index (χ4n) is 2.69. The number of rotatable bonds is 6. The minimum absolute atomic E-state index is 0.429. The Morgan fingerprint density at radius 3 is 2.17 bits per heavy atom. The fourth-order valence-corrected chi connectivity index (χ4v) is 2.69. The Morgan fingerprint density at radius 1 is 0.931 bits per heavy atom. The Labute approximate surface area is 165 Å². The van der Waals surface area contributed by atoms with Crippen LogP contribution in [0.15, 0.2) is 78.9 Å². The van der Waals surface area contributed by atoms with Gasteiger partial charge < -0.3 is 10.6 Å². The van der Waals surface area contributed by atoms with Gasteiger partial charge in [0.1, 0.15) is 11.9 Å². The maximum Gasteiger partial charge on any atom is 0.270 e. The van der Waals surface area contributed by atoms with Gasteiger partial charge in [0.15, 0.2) is 0 Å². The fraction of sp³-hybridized carbons (Fsp3) is 0.0476. The molecule has 2 N–H and O–H groups in total. The van der Waals surface area contributed by atoms with Crippen LogP contribution in [0.3, 0.4) is 0 Å². The van der Waals surface area contributed by atoms with Gasteiger partial charge in [-0.3, -0.25) is 19.7 Å². The third-order valence-electron chi connectivity index (χ3n) is 4.12. The van der Waals surface area contributed by atoms with Gasteiger partial charge in [-0.1, -0.05) is 48.5 Å². The Hall–Kier alpha value is -4.07. The molecule has 0 radical (unpaired) electrons. The molecule has 0 heterocycles. The summed E-state index contributed by atoms with van der Waals surface area (Å²) in [5, 5.41) is 16.1. The zero-order valence-corrected chi connectivity index (χ0v) is 15.0. The summed E-state index contributed by atoms with van der Waals surface area (Å²) in [5.74, 6) is -2.41. The Morgan fingerprint density at radius 2 is 1.55 bits per heavy atom. The first-order valence-electron chi connectivity index (χ1n) is 8.61. The molecule has 1 unspecified atom stereocenters. The number of nitrogens with one attached hydrogen (secondary N) is 2. The van der Waals surface area contributed by atoms with Crippen LogP contribution >= 0.6 is 0 Å². The van der Waals surface area contributed by atoms with Crippen molar-refractivity contribution >= 4 is 23.2 Å². The number of nitro benzene ring substituents is 1. The molecule has 0 aliphatic carbocycles. The molecule has 0 saturated heterocycles. The average molecular weight is 393 g/mol. The van der Waals surface area contributed by atoms with Crippen molar-refractivity contribution in [1.29, 1.82) is 0 Å². The number of hydrogen-bond donors (Lipinski definition) is 2. The number of carbonyl (C=O) groups excluding carboxylic acids is 2. The minimum atomic E-state index is -1.14. The highest BCUT2D eigenvalue weighted by molar-refractivity contribution is 6.02. The van der Waals surface area contributed by atoms with Gasteiger partial charge in [-0.2, -0.15) is 0 Å². The molecule has 3 rings (SSSR count). The van der Waals surface area contributed by atoms with E-state index in [1.165, 1.54) is 0 Å².